The van der Waals surface area contributed by atoms with Crippen molar-refractivity contribution in [3.05, 3.63) is 225 Å². The minimum atomic E-state index is -0.475. The van der Waals surface area contributed by atoms with E-state index in [0.717, 1.165) is 72.1 Å². The first-order valence-corrected chi connectivity index (χ1v) is 38.3. The molecule has 2 aliphatic heterocycles. The normalized spacial score (nSPS) is 20.3. The van der Waals surface area contributed by atoms with E-state index in [1.165, 1.54) is 129 Å². The Morgan fingerprint density at radius 2 is 0.794 bits per heavy atom. The van der Waals surface area contributed by atoms with Crippen LogP contribution >= 0.6 is 11.3 Å². The summed E-state index contributed by atoms with van der Waals surface area (Å²) in [5.41, 5.74) is 11.6. The van der Waals surface area contributed by atoms with E-state index >= 15 is 0 Å². The molecular weight excluding hydrogens is 1290 g/mol. The van der Waals surface area contributed by atoms with E-state index in [-0.39, 0.29) is 17.7 Å². The standard InChI is InChI=1S/C8H8F2.C8H9F.C8H16.2C8H14.C8H10.C7H9N.C7H14O.C6H8N2.C6H12O2.C6H8S.C6H8Se/c1-5-3-7(9)6(2)8(10)4-5;1-6-3-4-7(2)8(9)5-6;4*1-7-3-5-8(2)6-4-7;2*1-6-3-4-7(2)8-5-6;2*1-5-3-7-6(2)8-4-5;2*1-5-3-4-6(2)7-5/h3-4H,1-2H3;3-5H,1-2H3;7-8H,3-6H2,1-2H3;2*3,8H,4-6H2,1-2H3;3-6H,1-2H3;3-5H,1-2H3;6-7H,3-5H2,1-2H3;3-4H,1-2H3;5-6H,3-4H2,1-2H3;2*3-4H,1-2H3/t;;;2*8-;;;;;;;/m...10......./s1. The number of hydrogen-bond donors (Lipinski definition) is 0. The molecule has 0 amide bonds. The fourth-order valence-electron chi connectivity index (χ4n) is 9.55. The number of halogens is 3. The van der Waals surface area contributed by atoms with Crippen LogP contribution < -0.4 is 0 Å². The summed E-state index contributed by atoms with van der Waals surface area (Å²) in [6.07, 6.45) is 27.4. The summed E-state index contributed by atoms with van der Waals surface area (Å²) < 4.78 is 56.6. The maximum atomic E-state index is 12.6. The molecule has 2 saturated heterocycles. The molecule has 4 atom stereocenters. The molecular formula is C86H130F3N3O3SSe. The Morgan fingerprint density at radius 1 is 0.381 bits per heavy atom. The van der Waals surface area contributed by atoms with Gasteiger partial charge in [0.15, 0.2) is 6.29 Å². The van der Waals surface area contributed by atoms with Crippen LogP contribution in [0.15, 0.2) is 133 Å². The van der Waals surface area contributed by atoms with Crippen molar-refractivity contribution in [1.29, 1.82) is 0 Å². The number of thiophene rings is 1. The molecule has 4 aromatic heterocycles. The number of aryl methyl sites for hydroxylation is 13. The second kappa shape index (κ2) is 51.8. The van der Waals surface area contributed by atoms with Crippen molar-refractivity contribution in [1.82, 2.24) is 15.0 Å². The smallest absolute Gasteiger partial charge is 0.126 e. The Morgan fingerprint density at radius 3 is 1.09 bits per heavy atom. The second-order valence-electron chi connectivity index (χ2n) is 28.2. The third kappa shape index (κ3) is 48.2. The van der Waals surface area contributed by atoms with Crippen LogP contribution in [0.1, 0.15) is 221 Å². The monoisotopic (exact) mass is 1420 g/mol. The van der Waals surface area contributed by atoms with E-state index in [1.807, 2.05) is 83.6 Å². The van der Waals surface area contributed by atoms with Crippen LogP contribution in [-0.2, 0) is 14.2 Å². The van der Waals surface area contributed by atoms with E-state index in [2.05, 4.69) is 186 Å². The van der Waals surface area contributed by atoms with Crippen molar-refractivity contribution in [2.75, 3.05) is 19.8 Å². The summed E-state index contributed by atoms with van der Waals surface area (Å²) in [6, 6.07) is 29.1. The first-order valence-electron chi connectivity index (χ1n) is 35.7. The zero-order chi connectivity index (χ0) is 73.0. The summed E-state index contributed by atoms with van der Waals surface area (Å²) >= 11 is 2.55. The molecule has 0 spiro atoms. The topological polar surface area (TPSA) is 66.4 Å². The van der Waals surface area contributed by atoms with Gasteiger partial charge in [-0.25, -0.2) is 23.1 Å². The largest absolute Gasteiger partial charge is 0.261 e. The third-order valence-corrected chi connectivity index (χ3v) is 19.6. The van der Waals surface area contributed by atoms with E-state index in [0.29, 0.717) is 37.7 Å². The molecule has 3 aromatic carbocycles. The van der Waals surface area contributed by atoms with Gasteiger partial charge in [0.1, 0.15) is 23.3 Å². The molecule has 7 aromatic rings. The van der Waals surface area contributed by atoms with Crippen molar-refractivity contribution < 1.29 is 27.4 Å². The van der Waals surface area contributed by atoms with Gasteiger partial charge in [0.05, 0.1) is 19.3 Å². The molecule has 97 heavy (non-hydrogen) atoms. The van der Waals surface area contributed by atoms with E-state index in [4.69, 9.17) is 14.2 Å². The number of ether oxygens (including phenoxy) is 3. The minimum Gasteiger partial charge on any atom is -0.261 e. The van der Waals surface area contributed by atoms with Gasteiger partial charge in [0.25, 0.3) is 0 Å². The molecule has 6 heterocycles. The summed E-state index contributed by atoms with van der Waals surface area (Å²) in [5, 5.41) is 0. The zero-order valence-electron chi connectivity index (χ0n) is 64.8. The first-order chi connectivity index (χ1) is 45.7. The van der Waals surface area contributed by atoms with Crippen LogP contribution in [0.25, 0.3) is 0 Å². The Labute approximate surface area is 600 Å². The number of nitrogens with zero attached hydrogens (tertiary/aromatic N) is 3. The second-order valence-corrected chi connectivity index (χ2v) is 32.9. The average molecular weight is 1420 g/mol. The van der Waals surface area contributed by atoms with Crippen molar-refractivity contribution in [2.45, 2.75) is 256 Å². The SMILES string of the molecule is CC1=CC[C@@H](C)CC1.CC1=CC[C@H](C)CC1.CC1CCC(C)CC1.CC1CCC(C)OC1.CC1COC(C)OC1.Cc1cc(F)c(C)c(F)c1.Cc1ccc(C)[se]1.Cc1ccc(C)c(F)c1.Cc1ccc(C)cc1.Cc1ccc(C)nc1.Cc1ccc(C)s1.Cc1cnc(C)nc1. The van der Waals surface area contributed by atoms with Crippen LogP contribution in [0, 0.1) is 150 Å². The molecule has 0 radical (unpaired) electrons. The van der Waals surface area contributed by atoms with Crippen LogP contribution in [-0.4, -0.2) is 61.7 Å². The summed E-state index contributed by atoms with van der Waals surface area (Å²) in [5.74, 6) is 5.06. The predicted molar refractivity (Wildman–Crippen MR) is 414 cm³/mol. The van der Waals surface area contributed by atoms with Gasteiger partial charge < -0.3 is 14.2 Å². The molecule has 11 heteroatoms. The average Bonchev–Trinajstić information content (AvgIpc) is 1.55. The molecule has 5 aliphatic rings. The Bertz CT molecular complexity index is 2820. The fourth-order valence-corrected chi connectivity index (χ4v) is 12.0. The summed E-state index contributed by atoms with van der Waals surface area (Å²) in [4.78, 5) is 14.8. The molecule has 0 bridgehead atoms. The number of hydrogen-bond acceptors (Lipinski definition) is 7. The maximum Gasteiger partial charge on any atom is 0.126 e. The summed E-state index contributed by atoms with van der Waals surface area (Å²) in [7, 11) is 0. The van der Waals surface area contributed by atoms with Gasteiger partial charge in [-0.2, -0.15) is 0 Å². The van der Waals surface area contributed by atoms with Crippen molar-refractivity contribution in [2.24, 2.45) is 35.5 Å². The van der Waals surface area contributed by atoms with Crippen LogP contribution in [0.5, 0.6) is 0 Å². The maximum absolute atomic E-state index is 12.6. The Balaban J connectivity index is 0.000000530. The summed E-state index contributed by atoms with van der Waals surface area (Å²) in [6.45, 7) is 52.3. The van der Waals surface area contributed by atoms with Crippen LogP contribution in [0.2, 0.25) is 0 Å². The number of allylic oxidation sites excluding steroid dienone is 4. The molecule has 2 unspecified atom stereocenters. The van der Waals surface area contributed by atoms with Crippen molar-refractivity contribution in [3.63, 3.8) is 0 Å². The van der Waals surface area contributed by atoms with Gasteiger partial charge in [-0.1, -0.05) is 144 Å². The zero-order valence-corrected chi connectivity index (χ0v) is 67.3. The van der Waals surface area contributed by atoms with Gasteiger partial charge >= 0.3 is 49.4 Å². The minimum absolute atomic E-state index is 0.0196. The molecule has 540 valence electrons. The van der Waals surface area contributed by atoms with Gasteiger partial charge in [-0.05, 0) is 256 Å². The molecule has 3 fully saturated rings. The van der Waals surface area contributed by atoms with Gasteiger partial charge in [-0.15, -0.1) is 11.3 Å². The predicted octanol–water partition coefficient (Wildman–Crippen LogP) is 25.0. The Kier molecular flexibility index (Phi) is 48.0. The van der Waals surface area contributed by atoms with E-state index in [9.17, 15) is 13.2 Å². The van der Waals surface area contributed by atoms with Crippen LogP contribution in [0.3, 0.4) is 0 Å². The number of pyridine rings is 1. The molecule has 12 rings (SSSR count). The number of rotatable bonds is 0. The van der Waals surface area contributed by atoms with Crippen molar-refractivity contribution >= 4 is 25.8 Å². The molecule has 6 nitrogen and oxygen atoms in total. The quantitative estimate of drug-likeness (QED) is 0.111. The fraction of sp³-hybridized carbons (Fsp3) is 0.547. The van der Waals surface area contributed by atoms with Gasteiger partial charge in [-0.3, -0.25) is 4.98 Å². The van der Waals surface area contributed by atoms with Crippen LogP contribution in [0.4, 0.5) is 13.2 Å². The van der Waals surface area contributed by atoms with E-state index in [1.54, 1.807) is 39.9 Å². The number of benzene rings is 3. The first kappa shape index (κ1) is 89.8. The number of aromatic nitrogens is 3. The van der Waals surface area contributed by atoms with Gasteiger partial charge in [0, 0.05) is 52.1 Å². The van der Waals surface area contributed by atoms with E-state index < -0.39 is 11.6 Å². The van der Waals surface area contributed by atoms with Gasteiger partial charge in [0.2, 0.25) is 0 Å². The molecule has 0 N–H and O–H groups in total. The molecule has 1 saturated carbocycles. The Hall–Kier alpha value is -5.26. The third-order valence-electron chi connectivity index (χ3n) is 16.8. The molecule has 3 aliphatic carbocycles. The van der Waals surface area contributed by atoms with Crippen molar-refractivity contribution in [3.8, 4) is 0 Å².